The monoisotopic (exact) mass is 290 g/mol. The summed E-state index contributed by atoms with van der Waals surface area (Å²) in [6, 6.07) is 9.96. The molecule has 1 aromatic carbocycles. The molecule has 1 fully saturated rings. The Morgan fingerprint density at radius 1 is 1.29 bits per heavy atom. The Morgan fingerprint density at radius 2 is 1.90 bits per heavy atom. The van der Waals surface area contributed by atoms with Crippen LogP contribution in [0.2, 0.25) is 0 Å². The average Bonchev–Trinajstić information content (AvgIpc) is 3.36. The molecule has 3 N–H and O–H groups in total. The molecule has 0 radical (unpaired) electrons. The van der Waals surface area contributed by atoms with Crippen LogP contribution in [0.1, 0.15) is 51.1 Å². The molecular formula is C17H26N2O2. The van der Waals surface area contributed by atoms with Gasteiger partial charge < -0.3 is 15.7 Å². The van der Waals surface area contributed by atoms with E-state index in [2.05, 4.69) is 22.8 Å². The van der Waals surface area contributed by atoms with Crippen LogP contribution in [0.25, 0.3) is 0 Å². The van der Waals surface area contributed by atoms with Gasteiger partial charge >= 0.3 is 6.03 Å². The van der Waals surface area contributed by atoms with Crippen molar-refractivity contribution in [3.63, 3.8) is 0 Å². The second-order valence-electron chi connectivity index (χ2n) is 5.98. The smallest absolute Gasteiger partial charge is 0.315 e. The van der Waals surface area contributed by atoms with Crippen LogP contribution in [-0.4, -0.2) is 23.3 Å². The van der Waals surface area contributed by atoms with Crippen molar-refractivity contribution in [2.24, 2.45) is 5.92 Å². The second kappa shape index (κ2) is 6.94. The Balaban J connectivity index is 1.91. The summed E-state index contributed by atoms with van der Waals surface area (Å²) >= 11 is 0. The Morgan fingerprint density at radius 3 is 2.43 bits per heavy atom. The Bertz CT molecular complexity index is 453. The van der Waals surface area contributed by atoms with Gasteiger partial charge in [0.15, 0.2) is 0 Å². The lowest BCUT2D eigenvalue weighted by molar-refractivity contribution is 0.0348. The molecule has 1 aliphatic rings. The van der Waals surface area contributed by atoms with Crippen molar-refractivity contribution < 1.29 is 9.90 Å². The van der Waals surface area contributed by atoms with E-state index in [9.17, 15) is 9.90 Å². The van der Waals surface area contributed by atoms with Gasteiger partial charge in [0.1, 0.15) is 0 Å². The molecule has 0 aromatic heterocycles. The van der Waals surface area contributed by atoms with Gasteiger partial charge in [-0.2, -0.15) is 0 Å². The fourth-order valence-electron chi connectivity index (χ4n) is 2.50. The summed E-state index contributed by atoms with van der Waals surface area (Å²) < 4.78 is 0. The maximum atomic E-state index is 12.1. The largest absolute Gasteiger partial charge is 0.388 e. The number of aliphatic hydroxyl groups is 1. The highest BCUT2D eigenvalue weighted by Gasteiger charge is 2.33. The van der Waals surface area contributed by atoms with Crippen molar-refractivity contribution in [1.82, 2.24) is 10.6 Å². The highest BCUT2D eigenvalue weighted by Crippen LogP contribution is 2.40. The van der Waals surface area contributed by atoms with E-state index in [0.717, 1.165) is 18.4 Å². The fourth-order valence-corrected chi connectivity index (χ4v) is 2.50. The van der Waals surface area contributed by atoms with Crippen molar-refractivity contribution in [3.05, 3.63) is 35.9 Å². The lowest BCUT2D eigenvalue weighted by atomic mass is 9.98. The zero-order valence-corrected chi connectivity index (χ0v) is 12.9. The molecule has 2 rings (SSSR count). The molecule has 0 bridgehead atoms. The molecule has 1 atom stereocenters. The van der Waals surface area contributed by atoms with Crippen molar-refractivity contribution >= 4 is 6.03 Å². The Hall–Kier alpha value is -1.55. The molecule has 1 aliphatic carbocycles. The third kappa shape index (κ3) is 4.46. The molecule has 21 heavy (non-hydrogen) atoms. The summed E-state index contributed by atoms with van der Waals surface area (Å²) in [5.41, 5.74) is 0.343. The van der Waals surface area contributed by atoms with Crippen LogP contribution in [-0.2, 0) is 0 Å². The summed E-state index contributed by atoms with van der Waals surface area (Å²) in [6.45, 7) is 4.15. The summed E-state index contributed by atoms with van der Waals surface area (Å²) in [6.07, 6.45) is 3.59. The molecule has 0 spiro atoms. The minimum absolute atomic E-state index is 0.0718. The van der Waals surface area contributed by atoms with Crippen LogP contribution in [0.4, 0.5) is 4.79 Å². The van der Waals surface area contributed by atoms with E-state index in [4.69, 9.17) is 0 Å². The maximum absolute atomic E-state index is 12.1. The topological polar surface area (TPSA) is 61.4 Å². The minimum atomic E-state index is -0.806. The number of urea groups is 1. The quantitative estimate of drug-likeness (QED) is 0.723. The normalized spacial score (nSPS) is 16.3. The number of hydrogen-bond acceptors (Lipinski definition) is 2. The number of rotatable bonds is 7. The van der Waals surface area contributed by atoms with E-state index in [0.29, 0.717) is 18.8 Å². The molecule has 0 heterocycles. The van der Waals surface area contributed by atoms with Gasteiger partial charge in [-0.05, 0) is 37.2 Å². The van der Waals surface area contributed by atoms with Crippen LogP contribution >= 0.6 is 0 Å². The first-order valence-electron chi connectivity index (χ1n) is 7.89. The predicted molar refractivity (Wildman–Crippen MR) is 84.0 cm³/mol. The van der Waals surface area contributed by atoms with Gasteiger partial charge in [0.05, 0.1) is 11.6 Å². The van der Waals surface area contributed by atoms with Crippen LogP contribution < -0.4 is 10.6 Å². The molecule has 1 saturated carbocycles. The van der Waals surface area contributed by atoms with Crippen molar-refractivity contribution in [2.75, 3.05) is 6.54 Å². The lowest BCUT2D eigenvalue weighted by Crippen LogP contribution is -2.46. The van der Waals surface area contributed by atoms with E-state index in [1.54, 1.807) is 0 Å². The van der Waals surface area contributed by atoms with E-state index in [-0.39, 0.29) is 18.6 Å². The first kappa shape index (κ1) is 15.8. The highest BCUT2D eigenvalue weighted by molar-refractivity contribution is 5.74. The molecule has 0 aliphatic heterocycles. The Kier molecular flexibility index (Phi) is 5.23. The minimum Gasteiger partial charge on any atom is -0.388 e. The molecular weight excluding hydrogens is 264 g/mol. The lowest BCUT2D eigenvalue weighted by Gasteiger charge is -2.26. The molecule has 0 saturated heterocycles. The summed E-state index contributed by atoms with van der Waals surface area (Å²) in [5.74, 6) is 0.536. The van der Waals surface area contributed by atoms with Gasteiger partial charge in [-0.25, -0.2) is 4.79 Å². The zero-order valence-electron chi connectivity index (χ0n) is 12.9. The molecule has 4 heteroatoms. The fraction of sp³-hybridized carbons (Fsp3) is 0.588. The number of nitrogens with one attached hydrogen (secondary N) is 2. The number of carbonyl (C=O) groups is 1. The van der Waals surface area contributed by atoms with Crippen LogP contribution in [0.15, 0.2) is 30.3 Å². The second-order valence-corrected chi connectivity index (χ2v) is 5.98. The summed E-state index contributed by atoms with van der Waals surface area (Å²) in [5, 5.41) is 16.1. The predicted octanol–water partition coefficient (Wildman–Crippen LogP) is 2.99. The van der Waals surface area contributed by atoms with Gasteiger partial charge in [-0.3, -0.25) is 0 Å². The molecule has 1 unspecified atom stereocenters. The number of hydrogen-bond donors (Lipinski definition) is 3. The SMILES string of the molecule is CCC(O)(CC)CNC(=O)NC(c1ccccc1)C1CC1. The van der Waals surface area contributed by atoms with Gasteiger partial charge in [0, 0.05) is 6.54 Å². The highest BCUT2D eigenvalue weighted by atomic mass is 16.3. The van der Waals surface area contributed by atoms with Gasteiger partial charge in [0.2, 0.25) is 0 Å². The molecule has 2 amide bonds. The van der Waals surface area contributed by atoms with Crippen LogP contribution in [0.5, 0.6) is 0 Å². The van der Waals surface area contributed by atoms with E-state index in [1.807, 2.05) is 32.0 Å². The van der Waals surface area contributed by atoms with Gasteiger partial charge in [-0.15, -0.1) is 0 Å². The average molecular weight is 290 g/mol. The van der Waals surface area contributed by atoms with E-state index in [1.165, 1.54) is 0 Å². The third-order valence-corrected chi connectivity index (χ3v) is 4.43. The zero-order chi connectivity index (χ0) is 15.3. The number of carbonyl (C=O) groups excluding carboxylic acids is 1. The summed E-state index contributed by atoms with van der Waals surface area (Å²) in [7, 11) is 0. The van der Waals surface area contributed by atoms with Crippen molar-refractivity contribution in [1.29, 1.82) is 0 Å². The van der Waals surface area contributed by atoms with Gasteiger partial charge in [-0.1, -0.05) is 44.2 Å². The van der Waals surface area contributed by atoms with E-state index < -0.39 is 5.60 Å². The van der Waals surface area contributed by atoms with Crippen molar-refractivity contribution in [3.8, 4) is 0 Å². The third-order valence-electron chi connectivity index (χ3n) is 4.43. The summed E-state index contributed by atoms with van der Waals surface area (Å²) in [4.78, 5) is 12.1. The van der Waals surface area contributed by atoms with Gasteiger partial charge in [0.25, 0.3) is 0 Å². The molecule has 116 valence electrons. The number of amides is 2. The number of benzene rings is 1. The first-order valence-corrected chi connectivity index (χ1v) is 7.89. The Labute approximate surface area is 126 Å². The molecule has 1 aromatic rings. The van der Waals surface area contributed by atoms with E-state index >= 15 is 0 Å². The van der Waals surface area contributed by atoms with Crippen molar-refractivity contribution in [2.45, 2.75) is 51.2 Å². The van der Waals surface area contributed by atoms with Crippen LogP contribution in [0, 0.1) is 5.92 Å². The standard InChI is InChI=1S/C17H26N2O2/c1-3-17(21,4-2)12-18-16(20)19-15(14-10-11-14)13-8-6-5-7-9-13/h5-9,14-15,21H,3-4,10-12H2,1-2H3,(H2,18,19,20). The maximum Gasteiger partial charge on any atom is 0.315 e. The van der Waals surface area contributed by atoms with Crippen LogP contribution in [0.3, 0.4) is 0 Å². The molecule has 4 nitrogen and oxygen atoms in total. The first-order chi connectivity index (χ1) is 10.1.